The van der Waals surface area contributed by atoms with Crippen LogP contribution in [0, 0.1) is 11.8 Å². The van der Waals surface area contributed by atoms with Gasteiger partial charge in [0.05, 0.1) is 25.4 Å². The Morgan fingerprint density at radius 1 is 0.592 bits per heavy atom. The van der Waals surface area contributed by atoms with E-state index in [9.17, 15) is 52.7 Å². The maximum absolute atomic E-state index is 14.3. The quantitative estimate of drug-likeness (QED) is 0.0409. The third-order valence-corrected chi connectivity index (χ3v) is 10.7. The van der Waals surface area contributed by atoms with Crippen LogP contribution in [0.25, 0.3) is 0 Å². The number of carbonyl (C=O) groups is 11. The Morgan fingerprint density at radius 2 is 1.08 bits per heavy atom. The van der Waals surface area contributed by atoms with Crippen LogP contribution in [0.15, 0.2) is 0 Å². The maximum atomic E-state index is 14.3. The lowest BCUT2D eigenvalue weighted by Crippen LogP contribution is -2.61. The van der Waals surface area contributed by atoms with Crippen LogP contribution >= 0.6 is 0 Å². The van der Waals surface area contributed by atoms with Crippen LogP contribution in [-0.2, 0) is 71.7 Å². The van der Waals surface area contributed by atoms with Crippen molar-refractivity contribution in [2.45, 2.75) is 214 Å². The van der Waals surface area contributed by atoms with Crippen molar-refractivity contribution >= 4 is 65.0 Å². The predicted molar refractivity (Wildman–Crippen MR) is 259 cm³/mol. The third-order valence-electron chi connectivity index (χ3n) is 10.7. The molecule has 7 atom stereocenters. The number of rotatable bonds is 26. The number of nitrogens with zero attached hydrogens (tertiary/aromatic N) is 1. The van der Waals surface area contributed by atoms with Gasteiger partial charge in [0, 0.05) is 26.3 Å². The van der Waals surface area contributed by atoms with Gasteiger partial charge in [-0.05, 0) is 106 Å². The molecule has 0 aromatic heterocycles. The Hall–Kier alpha value is -5.67. The number of esters is 3. The SMILES string of the molecule is CCCC(NC(=O)C1CCCN1C(=O)C(NC(=O)C(NC(=O)C(CCC(=O)OC(C)(C)C)NC(=O)C(CCC(=O)OC(C)(C)C)NC(C)=O)C(C)C)C(C)C)C(=O)C(=O)NC(COC(C)(C)C)C(=O)OC. The Balaban J connectivity index is 3.37. The van der Waals surface area contributed by atoms with Crippen molar-refractivity contribution in [3.05, 3.63) is 0 Å². The molecule has 6 N–H and O–H groups in total. The van der Waals surface area contributed by atoms with E-state index in [1.165, 1.54) is 11.8 Å². The molecule has 0 spiro atoms. The predicted octanol–water partition coefficient (Wildman–Crippen LogP) is 1.82. The van der Waals surface area contributed by atoms with Crippen LogP contribution in [0.4, 0.5) is 0 Å². The van der Waals surface area contributed by atoms with Crippen molar-refractivity contribution in [3.63, 3.8) is 0 Å². The van der Waals surface area contributed by atoms with E-state index in [1.807, 2.05) is 0 Å². The first-order chi connectivity index (χ1) is 32.6. The molecule has 0 bridgehead atoms. The van der Waals surface area contributed by atoms with Crippen molar-refractivity contribution in [3.8, 4) is 0 Å². The van der Waals surface area contributed by atoms with Crippen molar-refractivity contribution in [1.29, 1.82) is 0 Å². The lowest BCUT2D eigenvalue weighted by atomic mass is 9.98. The van der Waals surface area contributed by atoms with E-state index < -0.39 is 136 Å². The molecule has 22 heteroatoms. The summed E-state index contributed by atoms with van der Waals surface area (Å²) in [6.45, 7) is 24.6. The Morgan fingerprint density at radius 3 is 1.54 bits per heavy atom. The number of ketones is 1. The summed E-state index contributed by atoms with van der Waals surface area (Å²) < 4.78 is 21.2. The monoisotopic (exact) mass is 1010 g/mol. The van der Waals surface area contributed by atoms with Crippen molar-refractivity contribution < 1.29 is 71.7 Å². The van der Waals surface area contributed by atoms with Gasteiger partial charge in [-0.15, -0.1) is 0 Å². The number of ether oxygens (including phenoxy) is 4. The fourth-order valence-corrected chi connectivity index (χ4v) is 7.25. The number of amides is 7. The van der Waals surface area contributed by atoms with Gasteiger partial charge < -0.3 is 55.7 Å². The second-order valence-corrected chi connectivity index (χ2v) is 21.4. The largest absolute Gasteiger partial charge is 0.467 e. The van der Waals surface area contributed by atoms with Crippen LogP contribution in [0.3, 0.4) is 0 Å². The van der Waals surface area contributed by atoms with Gasteiger partial charge in [-0.2, -0.15) is 0 Å². The zero-order valence-electron chi connectivity index (χ0n) is 44.8. The summed E-state index contributed by atoms with van der Waals surface area (Å²) in [7, 11) is 1.12. The zero-order valence-corrected chi connectivity index (χ0v) is 44.8. The lowest BCUT2D eigenvalue weighted by molar-refractivity contribution is -0.156. The summed E-state index contributed by atoms with van der Waals surface area (Å²) in [5, 5.41) is 15.4. The maximum Gasteiger partial charge on any atom is 0.330 e. The Kier molecular flexibility index (Phi) is 25.3. The molecule has 71 heavy (non-hydrogen) atoms. The standard InChI is InChI=1S/C49H83N7O15/c1-17-19-30(39(60)44(65)53-33(46(67)68-16)26-69-47(7,8)9)51-42(63)34-20-18-25-56(34)45(66)38(28(4)5)55-43(64)37(27(2)3)54-41(62)32(22-24-36(59)71-49(13,14)15)52-40(61)31(50-29(6)57)21-23-35(58)70-48(10,11)12/h27-28,30-34,37-38H,17-26H2,1-16H3,(H,50,57)(H,51,63)(H,52,61)(H,53,65)(H,54,62)(H,55,64). The molecule has 22 nitrogen and oxygen atoms in total. The molecule has 0 aromatic carbocycles. The Bertz CT molecular complexity index is 1900. The molecule has 1 saturated heterocycles. The summed E-state index contributed by atoms with van der Waals surface area (Å²) in [4.78, 5) is 148. The highest BCUT2D eigenvalue weighted by Gasteiger charge is 2.42. The van der Waals surface area contributed by atoms with E-state index in [1.54, 1.807) is 96.9 Å². The number of carbonyl (C=O) groups excluding carboxylic acids is 11. The van der Waals surface area contributed by atoms with Gasteiger partial charge in [0.2, 0.25) is 41.2 Å². The number of Topliss-reactive ketones (excluding diaryl/α,β-unsaturated/α-hetero) is 1. The first-order valence-corrected chi connectivity index (χ1v) is 24.4. The summed E-state index contributed by atoms with van der Waals surface area (Å²) >= 11 is 0. The van der Waals surface area contributed by atoms with Gasteiger partial charge in [0.25, 0.3) is 5.91 Å². The fraction of sp³-hybridized carbons (Fsp3) is 0.776. The molecule has 404 valence electrons. The topological polar surface area (TPSA) is 300 Å². The molecule has 7 amide bonds. The van der Waals surface area contributed by atoms with Gasteiger partial charge >= 0.3 is 17.9 Å². The smallest absolute Gasteiger partial charge is 0.330 e. The van der Waals surface area contributed by atoms with Crippen molar-refractivity contribution in [2.24, 2.45) is 11.8 Å². The molecule has 0 radical (unpaired) electrons. The summed E-state index contributed by atoms with van der Waals surface area (Å²) in [5.74, 6) is -9.89. The molecule has 7 unspecified atom stereocenters. The number of nitrogens with one attached hydrogen (secondary N) is 6. The first-order valence-electron chi connectivity index (χ1n) is 24.4. The van der Waals surface area contributed by atoms with E-state index in [-0.39, 0.29) is 51.7 Å². The minimum Gasteiger partial charge on any atom is -0.467 e. The molecule has 1 aliphatic rings. The average molecular weight is 1010 g/mol. The van der Waals surface area contributed by atoms with Crippen LogP contribution in [0.2, 0.25) is 0 Å². The molecule has 1 aliphatic heterocycles. The van der Waals surface area contributed by atoms with E-state index in [0.717, 1.165) is 7.11 Å². The summed E-state index contributed by atoms with van der Waals surface area (Å²) in [5.41, 5.74) is -2.36. The summed E-state index contributed by atoms with van der Waals surface area (Å²) in [6, 6.07) is -8.98. The number of hydrogen-bond acceptors (Lipinski definition) is 15. The number of hydrogen-bond donors (Lipinski definition) is 6. The first kappa shape index (κ1) is 63.3. The highest BCUT2D eigenvalue weighted by molar-refractivity contribution is 6.38. The van der Waals surface area contributed by atoms with Crippen molar-refractivity contribution in [2.75, 3.05) is 20.3 Å². The van der Waals surface area contributed by atoms with Gasteiger partial charge in [0.15, 0.2) is 6.04 Å². The van der Waals surface area contributed by atoms with E-state index >= 15 is 0 Å². The van der Waals surface area contributed by atoms with Crippen LogP contribution < -0.4 is 31.9 Å². The number of methoxy groups -OCH3 is 1. The molecular formula is C49H83N7O15. The lowest BCUT2D eigenvalue weighted by Gasteiger charge is -2.33. The van der Waals surface area contributed by atoms with Crippen LogP contribution in [-0.4, -0.2) is 149 Å². The molecule has 0 aromatic rings. The van der Waals surface area contributed by atoms with E-state index in [2.05, 4.69) is 31.9 Å². The highest BCUT2D eigenvalue weighted by atomic mass is 16.6. The van der Waals surface area contributed by atoms with Crippen LogP contribution in [0.1, 0.15) is 155 Å². The van der Waals surface area contributed by atoms with Gasteiger partial charge in [0.1, 0.15) is 41.4 Å². The minimum atomic E-state index is -1.46. The molecule has 1 heterocycles. The normalized spacial score (nSPS) is 16.5. The molecule has 1 rings (SSSR count). The minimum absolute atomic E-state index is 0.0581. The average Bonchev–Trinajstić information content (AvgIpc) is 3.73. The molecular weight excluding hydrogens is 927 g/mol. The van der Waals surface area contributed by atoms with Gasteiger partial charge in [-0.1, -0.05) is 41.0 Å². The van der Waals surface area contributed by atoms with Gasteiger partial charge in [-0.3, -0.25) is 47.9 Å². The van der Waals surface area contributed by atoms with Crippen LogP contribution in [0.5, 0.6) is 0 Å². The molecule has 0 aliphatic carbocycles. The second-order valence-electron chi connectivity index (χ2n) is 21.4. The second kappa shape index (κ2) is 28.4. The van der Waals surface area contributed by atoms with Gasteiger partial charge in [-0.25, -0.2) is 4.79 Å². The van der Waals surface area contributed by atoms with E-state index in [4.69, 9.17) is 18.9 Å². The number of likely N-dealkylation sites (tertiary alicyclic amines) is 1. The van der Waals surface area contributed by atoms with Crippen molar-refractivity contribution in [1.82, 2.24) is 36.8 Å². The molecule has 0 saturated carbocycles. The fourth-order valence-electron chi connectivity index (χ4n) is 7.25. The molecule has 1 fully saturated rings. The van der Waals surface area contributed by atoms with E-state index in [0.29, 0.717) is 12.8 Å². The zero-order chi connectivity index (χ0) is 54.8. The Labute approximate surface area is 419 Å². The highest BCUT2D eigenvalue weighted by Crippen LogP contribution is 2.22. The summed E-state index contributed by atoms with van der Waals surface area (Å²) in [6.07, 6.45) is -0.0423. The third kappa shape index (κ3) is 23.4.